The van der Waals surface area contributed by atoms with E-state index in [1.54, 1.807) is 0 Å². The third kappa shape index (κ3) is 4.56. The van der Waals surface area contributed by atoms with E-state index in [0.29, 0.717) is 6.54 Å². The lowest BCUT2D eigenvalue weighted by atomic mass is 10.1. The van der Waals surface area contributed by atoms with Gasteiger partial charge in [0.15, 0.2) is 0 Å². The van der Waals surface area contributed by atoms with Crippen molar-refractivity contribution in [1.29, 1.82) is 0 Å². The van der Waals surface area contributed by atoms with Crippen LogP contribution in [-0.2, 0) is 11.3 Å². The van der Waals surface area contributed by atoms with Gasteiger partial charge in [-0.1, -0.05) is 12.1 Å². The Bertz CT molecular complexity index is 397. The minimum atomic E-state index is -0.757. The molecule has 0 unspecified atom stereocenters. The molecule has 1 fully saturated rings. The number of piperidine rings is 1. The maximum atomic E-state index is 10.4. The van der Waals surface area contributed by atoms with Crippen molar-refractivity contribution in [3.8, 4) is 0 Å². The van der Waals surface area contributed by atoms with E-state index in [-0.39, 0.29) is 6.42 Å². The first-order valence-electron chi connectivity index (χ1n) is 7.02. The van der Waals surface area contributed by atoms with Crippen LogP contribution in [0.4, 0.5) is 5.69 Å². The monoisotopic (exact) mass is 262 g/mol. The van der Waals surface area contributed by atoms with Crippen LogP contribution in [0.15, 0.2) is 24.3 Å². The summed E-state index contributed by atoms with van der Waals surface area (Å²) in [7, 11) is 0. The first-order chi connectivity index (χ1) is 9.25. The molecule has 0 aromatic heterocycles. The van der Waals surface area contributed by atoms with Gasteiger partial charge in [0, 0.05) is 31.9 Å². The summed E-state index contributed by atoms with van der Waals surface area (Å²) in [4.78, 5) is 12.8. The van der Waals surface area contributed by atoms with Crippen molar-refractivity contribution in [2.75, 3.05) is 24.5 Å². The summed E-state index contributed by atoms with van der Waals surface area (Å²) >= 11 is 0. The summed E-state index contributed by atoms with van der Waals surface area (Å²) in [6.07, 6.45) is 4.10. The van der Waals surface area contributed by atoms with Gasteiger partial charge in [-0.2, -0.15) is 0 Å². The average molecular weight is 262 g/mol. The van der Waals surface area contributed by atoms with Crippen LogP contribution in [0.1, 0.15) is 31.2 Å². The number of carbonyl (C=O) groups is 1. The quantitative estimate of drug-likeness (QED) is 0.772. The summed E-state index contributed by atoms with van der Waals surface area (Å²) in [6, 6.07) is 8.58. The Morgan fingerprint density at radius 1 is 1.16 bits per heavy atom. The Morgan fingerprint density at radius 3 is 2.47 bits per heavy atom. The van der Waals surface area contributed by atoms with Crippen molar-refractivity contribution in [2.24, 2.45) is 0 Å². The van der Waals surface area contributed by atoms with Crippen LogP contribution in [0.5, 0.6) is 0 Å². The summed E-state index contributed by atoms with van der Waals surface area (Å²) in [5.41, 5.74) is 2.50. The van der Waals surface area contributed by atoms with Gasteiger partial charge in [0.25, 0.3) is 0 Å². The molecule has 1 aliphatic heterocycles. The molecule has 2 N–H and O–H groups in total. The third-order valence-electron chi connectivity index (χ3n) is 3.50. The molecule has 0 saturated carbocycles. The molecule has 4 nitrogen and oxygen atoms in total. The van der Waals surface area contributed by atoms with E-state index in [1.807, 2.05) is 0 Å². The lowest BCUT2D eigenvalue weighted by molar-refractivity contribution is -0.136. The lowest BCUT2D eigenvalue weighted by Crippen LogP contribution is -2.29. The van der Waals surface area contributed by atoms with Crippen LogP contribution < -0.4 is 10.2 Å². The predicted octanol–water partition coefficient (Wildman–Crippen LogP) is 2.24. The largest absolute Gasteiger partial charge is 0.481 e. The van der Waals surface area contributed by atoms with Gasteiger partial charge in [-0.25, -0.2) is 0 Å². The van der Waals surface area contributed by atoms with Crippen molar-refractivity contribution in [3.63, 3.8) is 0 Å². The van der Waals surface area contributed by atoms with Gasteiger partial charge < -0.3 is 15.3 Å². The second kappa shape index (κ2) is 7.14. The van der Waals surface area contributed by atoms with Gasteiger partial charge in [0.05, 0.1) is 6.42 Å². The lowest BCUT2D eigenvalue weighted by Gasteiger charge is -2.28. The molecule has 4 heteroatoms. The Labute approximate surface area is 114 Å². The Hall–Kier alpha value is -1.55. The van der Waals surface area contributed by atoms with Crippen LogP contribution in [0.2, 0.25) is 0 Å². The standard InChI is InChI=1S/C15H22N2O2/c18-15(19)8-9-16-12-13-4-6-14(7-5-13)17-10-2-1-3-11-17/h4-7,16H,1-3,8-12H2,(H,18,19). The molecule has 0 aliphatic carbocycles. The van der Waals surface area contributed by atoms with E-state index in [0.717, 1.165) is 19.6 Å². The zero-order chi connectivity index (χ0) is 13.5. The van der Waals surface area contributed by atoms with E-state index in [9.17, 15) is 4.79 Å². The van der Waals surface area contributed by atoms with Gasteiger partial charge >= 0.3 is 5.97 Å². The van der Waals surface area contributed by atoms with Crippen LogP contribution in [-0.4, -0.2) is 30.7 Å². The molecule has 2 rings (SSSR count). The predicted molar refractivity (Wildman–Crippen MR) is 76.5 cm³/mol. The molecular weight excluding hydrogens is 240 g/mol. The second-order valence-electron chi connectivity index (χ2n) is 5.03. The highest BCUT2D eigenvalue weighted by Crippen LogP contribution is 2.20. The Morgan fingerprint density at radius 2 is 1.84 bits per heavy atom. The van der Waals surface area contributed by atoms with Crippen molar-refractivity contribution >= 4 is 11.7 Å². The maximum Gasteiger partial charge on any atom is 0.304 e. The molecule has 104 valence electrons. The molecule has 0 radical (unpaired) electrons. The van der Waals surface area contributed by atoms with Crippen LogP contribution in [0.3, 0.4) is 0 Å². The number of hydrogen-bond acceptors (Lipinski definition) is 3. The van der Waals surface area contributed by atoms with E-state index in [4.69, 9.17) is 5.11 Å². The molecule has 0 atom stereocenters. The first-order valence-corrected chi connectivity index (χ1v) is 7.02. The highest BCUT2D eigenvalue weighted by molar-refractivity contribution is 5.66. The average Bonchev–Trinajstić information content (AvgIpc) is 2.45. The number of nitrogens with zero attached hydrogens (tertiary/aromatic N) is 1. The van der Waals surface area contributed by atoms with E-state index in [2.05, 4.69) is 34.5 Å². The number of rotatable bonds is 6. The molecule has 0 spiro atoms. The fraction of sp³-hybridized carbons (Fsp3) is 0.533. The molecule has 1 aromatic rings. The summed E-state index contributed by atoms with van der Waals surface area (Å²) < 4.78 is 0. The zero-order valence-electron chi connectivity index (χ0n) is 11.3. The van der Waals surface area contributed by atoms with Crippen molar-refractivity contribution < 1.29 is 9.90 Å². The van der Waals surface area contributed by atoms with Gasteiger partial charge in [0.1, 0.15) is 0 Å². The van der Waals surface area contributed by atoms with Crippen molar-refractivity contribution in [2.45, 2.75) is 32.2 Å². The zero-order valence-corrected chi connectivity index (χ0v) is 11.3. The molecule has 0 bridgehead atoms. The molecule has 1 saturated heterocycles. The number of aliphatic carboxylic acids is 1. The SMILES string of the molecule is O=C(O)CCNCc1ccc(N2CCCCC2)cc1. The summed E-state index contributed by atoms with van der Waals surface area (Å²) in [5.74, 6) is -0.757. The summed E-state index contributed by atoms with van der Waals surface area (Å²) in [5, 5.41) is 11.7. The Kier molecular flexibility index (Phi) is 5.21. The van der Waals surface area contributed by atoms with Crippen molar-refractivity contribution in [3.05, 3.63) is 29.8 Å². The van der Waals surface area contributed by atoms with E-state index in [1.165, 1.54) is 30.5 Å². The highest BCUT2D eigenvalue weighted by atomic mass is 16.4. The van der Waals surface area contributed by atoms with Gasteiger partial charge in [0.2, 0.25) is 0 Å². The van der Waals surface area contributed by atoms with Crippen LogP contribution in [0, 0.1) is 0 Å². The highest BCUT2D eigenvalue weighted by Gasteiger charge is 2.10. The summed E-state index contributed by atoms with van der Waals surface area (Å²) in [6.45, 7) is 3.57. The van der Waals surface area contributed by atoms with E-state index < -0.39 is 5.97 Å². The smallest absolute Gasteiger partial charge is 0.304 e. The second-order valence-corrected chi connectivity index (χ2v) is 5.03. The minimum absolute atomic E-state index is 0.172. The number of carboxylic acids is 1. The van der Waals surface area contributed by atoms with Crippen molar-refractivity contribution in [1.82, 2.24) is 5.32 Å². The van der Waals surface area contributed by atoms with E-state index >= 15 is 0 Å². The normalized spacial score (nSPS) is 15.5. The van der Waals surface area contributed by atoms with Gasteiger partial charge in [-0.05, 0) is 37.0 Å². The van der Waals surface area contributed by atoms with Gasteiger partial charge in [-0.15, -0.1) is 0 Å². The number of hydrogen-bond donors (Lipinski definition) is 2. The molecule has 1 aliphatic rings. The number of anilines is 1. The third-order valence-corrected chi connectivity index (χ3v) is 3.50. The van der Waals surface area contributed by atoms with Gasteiger partial charge in [-0.3, -0.25) is 4.79 Å². The number of carboxylic acid groups (broad SMARTS) is 1. The van der Waals surface area contributed by atoms with Crippen LogP contribution in [0.25, 0.3) is 0 Å². The Balaban J connectivity index is 1.79. The fourth-order valence-corrected chi connectivity index (χ4v) is 2.40. The number of benzene rings is 1. The fourth-order valence-electron chi connectivity index (χ4n) is 2.40. The minimum Gasteiger partial charge on any atom is -0.481 e. The number of nitrogens with one attached hydrogen (secondary N) is 1. The molecule has 19 heavy (non-hydrogen) atoms. The van der Waals surface area contributed by atoms with Crippen LogP contribution >= 0.6 is 0 Å². The molecule has 0 amide bonds. The molecule has 1 aromatic carbocycles. The topological polar surface area (TPSA) is 52.6 Å². The first kappa shape index (κ1) is 13.9. The molecule has 1 heterocycles. The molecular formula is C15H22N2O2. The maximum absolute atomic E-state index is 10.4.